The first-order valence-corrected chi connectivity index (χ1v) is 12.0. The van der Waals surface area contributed by atoms with Gasteiger partial charge in [0, 0.05) is 4.47 Å². The van der Waals surface area contributed by atoms with Crippen molar-refractivity contribution in [2.24, 2.45) is 0 Å². The molecular weight excluding hydrogens is 524 g/mol. The molecule has 1 heterocycles. The fourth-order valence-corrected chi connectivity index (χ4v) is 4.25. The Labute approximate surface area is 217 Å². The smallest absolute Gasteiger partial charge is 0.335 e. The van der Waals surface area contributed by atoms with Gasteiger partial charge < -0.3 is 9.47 Å². The molecule has 3 aromatic carbocycles. The molecule has 0 radical (unpaired) electrons. The summed E-state index contributed by atoms with van der Waals surface area (Å²) in [5.74, 6) is -0.545. The van der Waals surface area contributed by atoms with E-state index in [4.69, 9.17) is 9.47 Å². The molecule has 0 aromatic heterocycles. The Hall–Kier alpha value is -3.91. The summed E-state index contributed by atoms with van der Waals surface area (Å²) in [5, 5.41) is 2.25. The van der Waals surface area contributed by atoms with Gasteiger partial charge in [-0.05, 0) is 73.4 Å². The third-order valence-corrected chi connectivity index (χ3v) is 6.60. The summed E-state index contributed by atoms with van der Waals surface area (Å²) >= 11 is 3.50. The van der Waals surface area contributed by atoms with Gasteiger partial charge in [0.25, 0.3) is 11.8 Å². The number of aryl methyl sites for hydroxylation is 3. The van der Waals surface area contributed by atoms with E-state index in [1.165, 1.54) is 13.2 Å². The molecule has 1 saturated heterocycles. The molecule has 0 aliphatic carbocycles. The summed E-state index contributed by atoms with van der Waals surface area (Å²) in [6, 6.07) is 15.8. The van der Waals surface area contributed by atoms with Gasteiger partial charge in [-0.2, -0.15) is 0 Å². The quantitative estimate of drug-likeness (QED) is 0.318. The molecule has 1 aliphatic heterocycles. The van der Waals surface area contributed by atoms with Crippen molar-refractivity contribution in [3.8, 4) is 11.5 Å². The Morgan fingerprint density at radius 3 is 2.42 bits per heavy atom. The molecule has 1 fully saturated rings. The van der Waals surface area contributed by atoms with Crippen LogP contribution in [-0.2, 0) is 16.2 Å². The maximum atomic E-state index is 13.3. The minimum Gasteiger partial charge on any atom is -0.493 e. The standard InChI is InChI=1S/C28H25BrN2O5/c1-16-6-5-7-19(10-16)15-36-25-14-23(29)20(13-24(25)35-4)12-22-26(32)30-28(34)31(27(22)33)21-9-8-17(2)18(3)11-21/h5-14H,15H2,1-4H3,(H,30,32,34)/b22-12+. The molecule has 4 amide bonds. The summed E-state index contributed by atoms with van der Waals surface area (Å²) in [5.41, 5.74) is 4.82. The summed E-state index contributed by atoms with van der Waals surface area (Å²) in [6.45, 7) is 6.18. The molecule has 8 heteroatoms. The van der Waals surface area contributed by atoms with Crippen molar-refractivity contribution in [3.05, 3.63) is 92.5 Å². The van der Waals surface area contributed by atoms with Crippen LogP contribution in [0.5, 0.6) is 11.5 Å². The molecule has 1 aliphatic rings. The normalized spacial score (nSPS) is 14.8. The zero-order valence-electron chi connectivity index (χ0n) is 20.3. The van der Waals surface area contributed by atoms with Gasteiger partial charge >= 0.3 is 6.03 Å². The number of hydrogen-bond donors (Lipinski definition) is 1. The number of carbonyl (C=O) groups excluding carboxylic acids is 3. The first kappa shape index (κ1) is 25.2. The van der Waals surface area contributed by atoms with Crippen LogP contribution in [-0.4, -0.2) is 25.0 Å². The molecule has 0 atom stereocenters. The predicted octanol–water partition coefficient (Wildman–Crippen LogP) is 5.63. The summed E-state index contributed by atoms with van der Waals surface area (Å²) in [7, 11) is 1.51. The van der Waals surface area contributed by atoms with E-state index in [0.717, 1.165) is 27.2 Å². The lowest BCUT2D eigenvalue weighted by Crippen LogP contribution is -2.54. The average molecular weight is 549 g/mol. The number of imide groups is 2. The molecule has 0 bridgehead atoms. The van der Waals surface area contributed by atoms with Crippen LogP contribution in [0.15, 0.2) is 64.6 Å². The van der Waals surface area contributed by atoms with Crippen LogP contribution in [0.4, 0.5) is 10.5 Å². The second-order valence-electron chi connectivity index (χ2n) is 8.53. The van der Waals surface area contributed by atoms with E-state index in [0.29, 0.717) is 33.8 Å². The Morgan fingerprint density at radius 1 is 0.944 bits per heavy atom. The monoisotopic (exact) mass is 548 g/mol. The molecule has 36 heavy (non-hydrogen) atoms. The molecular formula is C28H25BrN2O5. The van der Waals surface area contributed by atoms with Crippen molar-refractivity contribution in [1.82, 2.24) is 5.32 Å². The minimum atomic E-state index is -0.790. The molecule has 4 rings (SSSR count). The molecule has 0 spiro atoms. The van der Waals surface area contributed by atoms with Crippen LogP contribution in [0, 0.1) is 20.8 Å². The number of rotatable bonds is 6. The summed E-state index contributed by atoms with van der Waals surface area (Å²) in [6.07, 6.45) is 1.43. The number of carbonyl (C=O) groups is 3. The molecule has 1 N–H and O–H groups in total. The number of nitrogens with one attached hydrogen (secondary N) is 1. The molecule has 7 nitrogen and oxygen atoms in total. The van der Waals surface area contributed by atoms with E-state index in [1.54, 1.807) is 24.3 Å². The van der Waals surface area contributed by atoms with Crippen molar-refractivity contribution in [2.75, 3.05) is 12.0 Å². The van der Waals surface area contributed by atoms with Crippen LogP contribution in [0.25, 0.3) is 6.08 Å². The van der Waals surface area contributed by atoms with Gasteiger partial charge in [-0.25, -0.2) is 9.69 Å². The lowest BCUT2D eigenvalue weighted by molar-refractivity contribution is -0.122. The Balaban J connectivity index is 1.65. The van der Waals surface area contributed by atoms with E-state index < -0.39 is 17.8 Å². The zero-order valence-corrected chi connectivity index (χ0v) is 21.9. The van der Waals surface area contributed by atoms with Gasteiger partial charge in [0.1, 0.15) is 12.2 Å². The zero-order chi connectivity index (χ0) is 26.0. The Kier molecular flexibility index (Phi) is 7.26. The highest BCUT2D eigenvalue weighted by molar-refractivity contribution is 9.10. The maximum absolute atomic E-state index is 13.3. The van der Waals surface area contributed by atoms with Gasteiger partial charge in [-0.1, -0.05) is 51.8 Å². The number of urea groups is 1. The highest BCUT2D eigenvalue weighted by Crippen LogP contribution is 2.36. The van der Waals surface area contributed by atoms with Crippen LogP contribution in [0.2, 0.25) is 0 Å². The van der Waals surface area contributed by atoms with E-state index in [2.05, 4.69) is 21.2 Å². The third kappa shape index (κ3) is 5.18. The maximum Gasteiger partial charge on any atom is 0.335 e. The van der Waals surface area contributed by atoms with Gasteiger partial charge in [0.15, 0.2) is 11.5 Å². The average Bonchev–Trinajstić information content (AvgIpc) is 2.83. The highest BCUT2D eigenvalue weighted by Gasteiger charge is 2.37. The van der Waals surface area contributed by atoms with Gasteiger partial charge in [0.2, 0.25) is 0 Å². The van der Waals surface area contributed by atoms with Gasteiger partial charge in [0.05, 0.1) is 12.8 Å². The first-order chi connectivity index (χ1) is 17.2. The number of halogens is 1. The predicted molar refractivity (Wildman–Crippen MR) is 141 cm³/mol. The third-order valence-electron chi connectivity index (χ3n) is 5.91. The lowest BCUT2D eigenvalue weighted by atomic mass is 10.0. The summed E-state index contributed by atoms with van der Waals surface area (Å²) in [4.78, 5) is 39.4. The van der Waals surface area contributed by atoms with Crippen molar-refractivity contribution < 1.29 is 23.9 Å². The van der Waals surface area contributed by atoms with E-state index >= 15 is 0 Å². The molecule has 0 unspecified atom stereocenters. The second-order valence-corrected chi connectivity index (χ2v) is 9.38. The van der Waals surface area contributed by atoms with Gasteiger partial charge in [-0.3, -0.25) is 14.9 Å². The van der Waals surface area contributed by atoms with Crippen LogP contribution >= 0.6 is 15.9 Å². The number of methoxy groups -OCH3 is 1. The van der Waals surface area contributed by atoms with Crippen molar-refractivity contribution in [2.45, 2.75) is 27.4 Å². The number of benzene rings is 3. The van der Waals surface area contributed by atoms with Crippen LogP contribution in [0.3, 0.4) is 0 Å². The lowest BCUT2D eigenvalue weighted by Gasteiger charge is -2.27. The van der Waals surface area contributed by atoms with Crippen LogP contribution in [0.1, 0.15) is 27.8 Å². The number of hydrogen-bond acceptors (Lipinski definition) is 5. The number of amides is 4. The minimum absolute atomic E-state index is 0.177. The fraction of sp³-hybridized carbons (Fsp3) is 0.179. The number of ether oxygens (including phenoxy) is 2. The number of nitrogens with zero attached hydrogens (tertiary/aromatic N) is 1. The van der Waals surface area contributed by atoms with Crippen molar-refractivity contribution >= 4 is 45.5 Å². The second kappa shape index (κ2) is 10.4. The van der Waals surface area contributed by atoms with Crippen molar-refractivity contribution in [3.63, 3.8) is 0 Å². The SMILES string of the molecule is COc1cc(/C=C2\C(=O)NC(=O)N(c3ccc(C)c(C)c3)C2=O)c(Br)cc1OCc1cccc(C)c1. The topological polar surface area (TPSA) is 84.9 Å². The first-order valence-electron chi connectivity index (χ1n) is 11.2. The number of barbiturate groups is 1. The highest BCUT2D eigenvalue weighted by atomic mass is 79.9. The van der Waals surface area contributed by atoms with E-state index in [9.17, 15) is 14.4 Å². The molecule has 184 valence electrons. The summed E-state index contributed by atoms with van der Waals surface area (Å²) < 4.78 is 12.1. The molecule has 0 saturated carbocycles. The van der Waals surface area contributed by atoms with Crippen molar-refractivity contribution in [1.29, 1.82) is 0 Å². The molecule has 3 aromatic rings. The Bertz CT molecular complexity index is 1410. The fourth-order valence-electron chi connectivity index (χ4n) is 3.81. The largest absolute Gasteiger partial charge is 0.493 e. The van der Waals surface area contributed by atoms with Gasteiger partial charge in [-0.15, -0.1) is 0 Å². The van der Waals surface area contributed by atoms with Crippen LogP contribution < -0.4 is 19.7 Å². The van der Waals surface area contributed by atoms with E-state index in [1.807, 2.05) is 51.1 Å². The van der Waals surface area contributed by atoms with E-state index in [-0.39, 0.29) is 5.57 Å². The number of anilines is 1. The Morgan fingerprint density at radius 2 is 1.72 bits per heavy atom.